The van der Waals surface area contributed by atoms with Crippen molar-refractivity contribution in [2.24, 2.45) is 0 Å². The van der Waals surface area contributed by atoms with Crippen molar-refractivity contribution in [1.82, 2.24) is 15.3 Å². The molecule has 2 aromatic rings. The molecule has 0 aliphatic carbocycles. The van der Waals surface area contributed by atoms with Gasteiger partial charge in [-0.05, 0) is 24.1 Å². The van der Waals surface area contributed by atoms with Crippen LogP contribution in [0.4, 0.5) is 5.82 Å². The average Bonchev–Trinajstić information content (AvgIpc) is 2.95. The molecule has 0 saturated carbocycles. The van der Waals surface area contributed by atoms with Gasteiger partial charge in [0.15, 0.2) is 0 Å². The van der Waals surface area contributed by atoms with Gasteiger partial charge in [-0.15, -0.1) is 0 Å². The fraction of sp³-hybridized carbons (Fsp3) is 0.593. The summed E-state index contributed by atoms with van der Waals surface area (Å²) in [5.74, 6) is 0.283. The number of hydrogen-bond donors (Lipinski definition) is 2. The summed E-state index contributed by atoms with van der Waals surface area (Å²) in [6.45, 7) is 8.88. The Hall–Kier alpha value is -2.87. The van der Waals surface area contributed by atoms with E-state index in [-0.39, 0.29) is 18.3 Å². The number of benzene rings is 1. The summed E-state index contributed by atoms with van der Waals surface area (Å²) in [4.78, 5) is 20.0. The van der Waals surface area contributed by atoms with Gasteiger partial charge in [-0.2, -0.15) is 4.98 Å². The zero-order valence-electron chi connectivity index (χ0n) is 22.8. The van der Waals surface area contributed by atoms with Crippen molar-refractivity contribution >= 4 is 11.7 Å². The van der Waals surface area contributed by atoms with Gasteiger partial charge in [-0.1, -0.05) is 24.3 Å². The van der Waals surface area contributed by atoms with Crippen LogP contribution in [0.3, 0.4) is 0 Å². The molecule has 2 rings (SSSR count). The molecular weight excluding hydrogens is 508 g/mol. The van der Waals surface area contributed by atoms with Gasteiger partial charge in [-0.25, -0.2) is 4.98 Å². The van der Waals surface area contributed by atoms with Gasteiger partial charge in [0.05, 0.1) is 72.7 Å². The fourth-order valence-electron chi connectivity index (χ4n) is 3.02. The molecule has 3 N–H and O–H groups in total. The average molecular weight is 551 g/mol. The number of nitrogens with zero attached hydrogens (tertiary/aromatic N) is 2. The van der Waals surface area contributed by atoms with E-state index in [0.29, 0.717) is 98.3 Å². The van der Waals surface area contributed by atoms with Crippen molar-refractivity contribution in [3.05, 3.63) is 47.7 Å². The molecule has 218 valence electrons. The highest BCUT2D eigenvalue weighted by Crippen LogP contribution is 2.09. The second-order valence-electron chi connectivity index (χ2n) is 8.15. The van der Waals surface area contributed by atoms with E-state index < -0.39 is 0 Å². The Bertz CT molecular complexity index is 888. The summed E-state index contributed by atoms with van der Waals surface area (Å²) in [7, 11) is 0. The van der Waals surface area contributed by atoms with Crippen LogP contribution in [0.15, 0.2) is 36.5 Å². The Morgan fingerprint density at radius 1 is 0.744 bits per heavy atom. The number of anilines is 1. The minimum absolute atomic E-state index is 0.0742. The lowest BCUT2D eigenvalue weighted by Crippen LogP contribution is -2.24. The molecular formula is C27H42N4O8. The number of nitrogen functional groups attached to an aromatic ring is 1. The molecule has 0 unspecified atom stereocenters. The third-order valence-electron chi connectivity index (χ3n) is 5.07. The second kappa shape index (κ2) is 22.0. The van der Waals surface area contributed by atoms with Crippen LogP contribution in [0.2, 0.25) is 0 Å². The lowest BCUT2D eigenvalue weighted by atomic mass is 10.1. The molecule has 12 heteroatoms. The zero-order chi connectivity index (χ0) is 27.8. The Kier molecular flexibility index (Phi) is 18.2. The van der Waals surface area contributed by atoms with E-state index in [2.05, 4.69) is 15.3 Å². The molecule has 0 fully saturated rings. The predicted octanol–water partition coefficient (Wildman–Crippen LogP) is 1.76. The van der Waals surface area contributed by atoms with E-state index >= 15 is 0 Å². The minimum Gasteiger partial charge on any atom is -0.459 e. The monoisotopic (exact) mass is 550 g/mol. The number of carbonyl (C=O) groups is 1. The van der Waals surface area contributed by atoms with E-state index in [4.69, 9.17) is 38.9 Å². The highest BCUT2D eigenvalue weighted by atomic mass is 16.6. The Morgan fingerprint density at radius 3 is 1.79 bits per heavy atom. The zero-order valence-corrected chi connectivity index (χ0v) is 22.8. The van der Waals surface area contributed by atoms with E-state index in [1.165, 1.54) is 0 Å². The smallest absolute Gasteiger partial charge is 0.318 e. The second-order valence-corrected chi connectivity index (χ2v) is 8.15. The molecule has 12 nitrogen and oxygen atoms in total. The van der Waals surface area contributed by atoms with Crippen LogP contribution in [0.5, 0.6) is 6.01 Å². The first-order chi connectivity index (χ1) is 19.2. The Labute approximate surface area is 230 Å². The molecule has 1 aromatic carbocycles. The summed E-state index contributed by atoms with van der Waals surface area (Å²) in [6, 6.07) is 9.56. The van der Waals surface area contributed by atoms with Gasteiger partial charge in [0.2, 0.25) is 5.91 Å². The largest absolute Gasteiger partial charge is 0.459 e. The number of carbonyl (C=O) groups excluding carboxylic acids is 1. The summed E-state index contributed by atoms with van der Waals surface area (Å²) in [5, 5.41) is 2.89. The van der Waals surface area contributed by atoms with Crippen molar-refractivity contribution in [2.45, 2.75) is 26.5 Å². The van der Waals surface area contributed by atoms with Crippen molar-refractivity contribution < 1.29 is 38.0 Å². The molecule has 0 saturated heterocycles. The first-order valence-corrected chi connectivity index (χ1v) is 13.2. The van der Waals surface area contributed by atoms with Crippen LogP contribution in [0, 0.1) is 0 Å². The normalized spacial score (nSPS) is 11.0. The third kappa shape index (κ3) is 17.4. The van der Waals surface area contributed by atoms with Crippen LogP contribution in [0.25, 0.3) is 0 Å². The van der Waals surface area contributed by atoms with E-state index in [0.717, 1.165) is 11.1 Å². The van der Waals surface area contributed by atoms with Crippen molar-refractivity contribution in [3.8, 4) is 6.01 Å². The summed E-state index contributed by atoms with van der Waals surface area (Å²) >= 11 is 0. The molecule has 0 aliphatic rings. The maximum Gasteiger partial charge on any atom is 0.318 e. The number of aromatic nitrogens is 2. The molecule has 39 heavy (non-hydrogen) atoms. The number of amides is 1. The van der Waals surface area contributed by atoms with Crippen LogP contribution in [-0.2, 0) is 46.4 Å². The van der Waals surface area contributed by atoms with Crippen LogP contribution >= 0.6 is 0 Å². The van der Waals surface area contributed by atoms with Crippen LogP contribution < -0.4 is 15.8 Å². The Balaban J connectivity index is 1.35. The van der Waals surface area contributed by atoms with Gasteiger partial charge < -0.3 is 44.2 Å². The minimum atomic E-state index is -0.0742. The SMILES string of the molecule is CCOCCOCCOCCOCCOCCOCCC(=O)NCc1ccc(COc2nccc(N)n2)cc1. The quantitative estimate of drug-likeness (QED) is 0.184. The summed E-state index contributed by atoms with van der Waals surface area (Å²) in [5.41, 5.74) is 7.55. The van der Waals surface area contributed by atoms with Gasteiger partial charge in [0, 0.05) is 25.8 Å². The molecule has 0 radical (unpaired) electrons. The highest BCUT2D eigenvalue weighted by molar-refractivity contribution is 5.75. The number of nitrogens with two attached hydrogens (primary N) is 1. The lowest BCUT2D eigenvalue weighted by molar-refractivity contribution is -0.122. The fourth-order valence-corrected chi connectivity index (χ4v) is 3.02. The van der Waals surface area contributed by atoms with E-state index in [1.807, 2.05) is 31.2 Å². The molecule has 0 spiro atoms. The number of nitrogens with one attached hydrogen (secondary N) is 1. The van der Waals surface area contributed by atoms with Crippen LogP contribution in [0.1, 0.15) is 24.5 Å². The van der Waals surface area contributed by atoms with Crippen molar-refractivity contribution in [1.29, 1.82) is 0 Å². The standard InChI is InChI=1S/C27H42N4O8/c1-2-33-11-12-35-15-16-37-19-20-38-18-17-36-14-13-34-10-8-26(32)30-21-23-3-5-24(6-4-23)22-39-27-29-9-7-25(28)31-27/h3-7,9H,2,8,10-22H2,1H3,(H,30,32)(H2,28,29,31). The first kappa shape index (κ1) is 32.3. The maximum atomic E-state index is 12.0. The Morgan fingerprint density at radius 2 is 1.26 bits per heavy atom. The van der Waals surface area contributed by atoms with Gasteiger partial charge >= 0.3 is 6.01 Å². The molecule has 1 amide bonds. The van der Waals surface area contributed by atoms with Crippen molar-refractivity contribution in [3.63, 3.8) is 0 Å². The third-order valence-corrected chi connectivity index (χ3v) is 5.07. The van der Waals surface area contributed by atoms with E-state index in [1.54, 1.807) is 12.3 Å². The maximum absolute atomic E-state index is 12.0. The van der Waals surface area contributed by atoms with Gasteiger partial charge in [-0.3, -0.25) is 4.79 Å². The number of rotatable bonds is 24. The molecule has 0 aliphatic heterocycles. The highest BCUT2D eigenvalue weighted by Gasteiger charge is 2.03. The van der Waals surface area contributed by atoms with Gasteiger partial charge in [0.1, 0.15) is 12.4 Å². The van der Waals surface area contributed by atoms with E-state index in [9.17, 15) is 4.79 Å². The van der Waals surface area contributed by atoms with Crippen LogP contribution in [-0.4, -0.2) is 95.2 Å². The predicted molar refractivity (Wildman–Crippen MR) is 144 cm³/mol. The van der Waals surface area contributed by atoms with Gasteiger partial charge in [0.25, 0.3) is 0 Å². The molecule has 0 bridgehead atoms. The topological polar surface area (TPSA) is 146 Å². The number of ether oxygens (including phenoxy) is 7. The molecule has 0 atom stereocenters. The van der Waals surface area contributed by atoms with Crippen molar-refractivity contribution in [2.75, 3.05) is 85.0 Å². The molecule has 1 aromatic heterocycles. The number of hydrogen-bond acceptors (Lipinski definition) is 11. The summed E-state index contributed by atoms with van der Waals surface area (Å²) < 4.78 is 37.8. The lowest BCUT2D eigenvalue weighted by Gasteiger charge is -2.09. The first-order valence-electron chi connectivity index (χ1n) is 13.2. The molecule has 1 heterocycles. The summed E-state index contributed by atoms with van der Waals surface area (Å²) in [6.07, 6.45) is 1.83.